The highest BCUT2D eigenvalue weighted by atomic mass is 32.1. The molecule has 0 spiro atoms. The van der Waals surface area contributed by atoms with Crippen LogP contribution in [0.5, 0.6) is 0 Å². The molecule has 0 radical (unpaired) electrons. The van der Waals surface area contributed by atoms with Gasteiger partial charge in [-0.1, -0.05) is 56.3 Å². The number of thiocarbonyl (C=S) groups is 1. The molecule has 240 valence electrons. The summed E-state index contributed by atoms with van der Waals surface area (Å²) in [4.78, 5) is 19.8. The van der Waals surface area contributed by atoms with Crippen molar-refractivity contribution < 1.29 is 18.0 Å². The number of nitriles is 1. The molecule has 0 amide bonds. The van der Waals surface area contributed by atoms with Crippen LogP contribution < -0.4 is 11.1 Å². The zero-order valence-corrected chi connectivity index (χ0v) is 26.8. The topological polar surface area (TPSA) is 100.0 Å². The number of anilines is 1. The molecule has 0 saturated carbocycles. The van der Waals surface area contributed by atoms with Crippen molar-refractivity contribution in [2.24, 2.45) is 17.6 Å². The molecule has 1 aromatic heterocycles. The van der Waals surface area contributed by atoms with E-state index in [0.717, 1.165) is 17.2 Å². The number of rotatable bonds is 12. The molecule has 7 nitrogen and oxygen atoms in total. The van der Waals surface area contributed by atoms with Gasteiger partial charge in [0.15, 0.2) is 5.11 Å². The lowest BCUT2D eigenvalue weighted by atomic mass is 9.88. The molecular formula is C35H37F3N6OS. The van der Waals surface area contributed by atoms with Crippen molar-refractivity contribution in [1.29, 1.82) is 5.26 Å². The molecule has 0 aliphatic carbocycles. The normalized spacial score (nSPS) is 12.8. The van der Waals surface area contributed by atoms with E-state index in [1.54, 1.807) is 30.7 Å². The average Bonchev–Trinajstić information content (AvgIpc) is 3.44. The molecular weight excluding hydrogens is 609 g/mol. The highest BCUT2D eigenvalue weighted by Crippen LogP contribution is 2.33. The number of aryl methyl sites for hydroxylation is 1. The van der Waals surface area contributed by atoms with Gasteiger partial charge in [-0.3, -0.25) is 4.79 Å². The predicted molar refractivity (Wildman–Crippen MR) is 177 cm³/mol. The number of nitrogens with two attached hydrogens (primary N) is 1. The van der Waals surface area contributed by atoms with Crippen LogP contribution in [0.4, 0.5) is 18.9 Å². The predicted octanol–water partition coefficient (Wildman–Crippen LogP) is 7.09. The van der Waals surface area contributed by atoms with Crippen LogP contribution in [0.3, 0.4) is 0 Å². The van der Waals surface area contributed by atoms with Gasteiger partial charge in [0.1, 0.15) is 5.78 Å². The first-order valence-electron chi connectivity index (χ1n) is 14.9. The Morgan fingerprint density at radius 3 is 2.48 bits per heavy atom. The average molecular weight is 647 g/mol. The standard InChI is InChI=1S/C35H37F3N6OS/c1-23(2)15-30(32(45)17-29-19-41-22-43(29)20-26-13-11-25(18-39)12-14-26)33(40)44(34(46)42-28-9-6-7-24(3)16-28)21-27-8-4-5-10-31(27)35(36,37)38/h4-14,16,19,22-23,30,33H,15,17,20-21,40H2,1-3H3,(H,42,46)/t30-,33?/m1/s1. The second-order valence-corrected chi connectivity index (χ2v) is 12.2. The number of carbonyl (C=O) groups excluding carboxylic acids is 1. The van der Waals surface area contributed by atoms with Crippen molar-refractivity contribution in [2.45, 2.75) is 59.0 Å². The van der Waals surface area contributed by atoms with Crippen LogP contribution in [0.25, 0.3) is 0 Å². The second kappa shape index (κ2) is 15.2. The summed E-state index contributed by atoms with van der Waals surface area (Å²) in [5, 5.41) is 12.3. The first-order chi connectivity index (χ1) is 21.8. The Balaban J connectivity index is 1.64. The van der Waals surface area contributed by atoms with Crippen LogP contribution in [0, 0.1) is 30.1 Å². The first kappa shape index (κ1) is 34.3. The number of alkyl halides is 3. The molecule has 0 fully saturated rings. The number of carbonyl (C=O) groups is 1. The quantitative estimate of drug-likeness (QED) is 0.125. The second-order valence-electron chi connectivity index (χ2n) is 11.8. The summed E-state index contributed by atoms with van der Waals surface area (Å²) in [7, 11) is 0. The van der Waals surface area contributed by atoms with Crippen LogP contribution >= 0.6 is 12.2 Å². The van der Waals surface area contributed by atoms with Crippen LogP contribution in [0.1, 0.15) is 53.8 Å². The van der Waals surface area contributed by atoms with Crippen molar-refractivity contribution >= 4 is 28.8 Å². The van der Waals surface area contributed by atoms with Gasteiger partial charge in [0.2, 0.25) is 0 Å². The van der Waals surface area contributed by atoms with Gasteiger partial charge >= 0.3 is 6.18 Å². The molecule has 0 bridgehead atoms. The Labute approximate surface area is 272 Å². The van der Waals surface area contributed by atoms with Crippen LogP contribution in [-0.4, -0.2) is 31.5 Å². The lowest BCUT2D eigenvalue weighted by Gasteiger charge is -2.37. The highest BCUT2D eigenvalue weighted by molar-refractivity contribution is 7.80. The first-order valence-corrected chi connectivity index (χ1v) is 15.3. The third-order valence-corrected chi connectivity index (χ3v) is 8.03. The maximum Gasteiger partial charge on any atom is 0.416 e. The minimum Gasteiger partial charge on any atom is -0.333 e. The number of hydrogen-bond donors (Lipinski definition) is 2. The molecule has 1 unspecified atom stereocenters. The summed E-state index contributed by atoms with van der Waals surface area (Å²) in [5.74, 6) is -0.866. The minimum absolute atomic E-state index is 0.00455. The van der Waals surface area contributed by atoms with Crippen molar-refractivity contribution in [2.75, 3.05) is 5.32 Å². The lowest BCUT2D eigenvalue weighted by Crippen LogP contribution is -2.53. The molecule has 3 N–H and O–H groups in total. The number of Topliss-reactive ketones (excluding diaryl/α,β-unsaturated/α-hetero) is 1. The van der Waals surface area contributed by atoms with E-state index in [4.69, 9.17) is 23.2 Å². The van der Waals surface area contributed by atoms with Gasteiger partial charge in [-0.2, -0.15) is 18.4 Å². The summed E-state index contributed by atoms with van der Waals surface area (Å²) in [5.41, 5.74) is 9.86. The van der Waals surface area contributed by atoms with E-state index in [0.29, 0.717) is 29.9 Å². The molecule has 11 heteroatoms. The lowest BCUT2D eigenvalue weighted by molar-refractivity contribution is -0.138. The molecule has 3 aromatic carbocycles. The molecule has 4 aromatic rings. The number of ketones is 1. The Hall–Kier alpha value is -4.53. The van der Waals surface area contributed by atoms with Crippen molar-refractivity contribution in [3.05, 3.63) is 119 Å². The van der Waals surface area contributed by atoms with Crippen LogP contribution in [-0.2, 0) is 30.5 Å². The number of benzene rings is 3. The summed E-state index contributed by atoms with van der Waals surface area (Å²) in [6, 6.07) is 22.0. The van der Waals surface area contributed by atoms with E-state index >= 15 is 0 Å². The summed E-state index contributed by atoms with van der Waals surface area (Å²) in [6.45, 7) is 6.04. The highest BCUT2D eigenvalue weighted by Gasteiger charge is 2.36. The summed E-state index contributed by atoms with van der Waals surface area (Å²) in [6.07, 6.45) is -1.94. The summed E-state index contributed by atoms with van der Waals surface area (Å²) >= 11 is 5.77. The smallest absolute Gasteiger partial charge is 0.333 e. The minimum atomic E-state index is -4.58. The fourth-order valence-corrected chi connectivity index (χ4v) is 5.67. The van der Waals surface area contributed by atoms with Gasteiger partial charge < -0.3 is 20.5 Å². The van der Waals surface area contributed by atoms with Gasteiger partial charge in [0.05, 0.1) is 35.6 Å². The molecule has 1 heterocycles. The Kier molecular flexibility index (Phi) is 11.3. The van der Waals surface area contributed by atoms with E-state index in [1.165, 1.54) is 23.1 Å². The van der Waals surface area contributed by atoms with Gasteiger partial charge in [0, 0.05) is 37.1 Å². The fourth-order valence-electron chi connectivity index (χ4n) is 5.36. The SMILES string of the molecule is Cc1cccc(NC(=S)N(Cc2ccccc2C(F)(F)F)C(N)[C@H](CC(C)C)C(=O)Cc2cncn2Cc2ccc(C#N)cc2)c1. The number of halogens is 3. The van der Waals surface area contributed by atoms with Crippen molar-refractivity contribution in [1.82, 2.24) is 14.5 Å². The maximum absolute atomic E-state index is 14.1. The Morgan fingerprint density at radius 1 is 1.11 bits per heavy atom. The molecule has 0 aliphatic rings. The van der Waals surface area contributed by atoms with E-state index in [-0.39, 0.29) is 35.3 Å². The Bertz CT molecular complexity index is 1690. The van der Waals surface area contributed by atoms with Crippen molar-refractivity contribution in [3.8, 4) is 6.07 Å². The van der Waals surface area contributed by atoms with Gasteiger partial charge in [-0.15, -0.1) is 0 Å². The van der Waals surface area contributed by atoms with Gasteiger partial charge in [-0.25, -0.2) is 4.98 Å². The zero-order chi connectivity index (χ0) is 33.4. The third kappa shape index (κ3) is 9.02. The van der Waals surface area contributed by atoms with Gasteiger partial charge in [-0.05, 0) is 78.5 Å². The number of nitrogens with zero attached hydrogens (tertiary/aromatic N) is 4. The molecule has 46 heavy (non-hydrogen) atoms. The maximum atomic E-state index is 14.1. The largest absolute Gasteiger partial charge is 0.416 e. The Morgan fingerprint density at radius 2 is 1.83 bits per heavy atom. The van der Waals surface area contributed by atoms with E-state index < -0.39 is 23.8 Å². The third-order valence-electron chi connectivity index (χ3n) is 7.69. The van der Waals surface area contributed by atoms with Crippen LogP contribution in [0.15, 0.2) is 85.3 Å². The van der Waals surface area contributed by atoms with E-state index in [9.17, 15) is 18.0 Å². The summed E-state index contributed by atoms with van der Waals surface area (Å²) < 4.78 is 43.9. The zero-order valence-electron chi connectivity index (χ0n) is 26.0. The van der Waals surface area contributed by atoms with E-state index in [2.05, 4.69) is 16.4 Å². The molecule has 0 aliphatic heterocycles. The number of hydrogen-bond acceptors (Lipinski definition) is 5. The number of aromatic nitrogens is 2. The number of imidazole rings is 1. The molecule has 2 atom stereocenters. The molecule has 4 rings (SSSR count). The van der Waals surface area contributed by atoms with Gasteiger partial charge in [0.25, 0.3) is 0 Å². The molecule has 0 saturated heterocycles. The van der Waals surface area contributed by atoms with E-state index in [1.807, 2.05) is 55.7 Å². The monoisotopic (exact) mass is 646 g/mol. The fraction of sp³-hybridized carbons (Fsp3) is 0.314. The van der Waals surface area contributed by atoms with Crippen LogP contribution in [0.2, 0.25) is 0 Å². The number of nitrogens with one attached hydrogen (secondary N) is 1. The van der Waals surface area contributed by atoms with Crippen molar-refractivity contribution in [3.63, 3.8) is 0 Å².